The maximum absolute atomic E-state index is 12.0. The topological polar surface area (TPSA) is 58.6 Å². The van der Waals surface area contributed by atoms with Crippen molar-refractivity contribution in [2.75, 3.05) is 18.7 Å². The molecule has 0 saturated carbocycles. The van der Waals surface area contributed by atoms with E-state index in [0.717, 1.165) is 5.69 Å². The lowest BCUT2D eigenvalue weighted by molar-refractivity contribution is -0.143. The van der Waals surface area contributed by atoms with Crippen LogP contribution in [0.5, 0.6) is 0 Å². The molecule has 1 amide bonds. The van der Waals surface area contributed by atoms with Crippen molar-refractivity contribution in [3.05, 3.63) is 30.3 Å². The maximum Gasteiger partial charge on any atom is 0.306 e. The first-order valence-corrected chi connectivity index (χ1v) is 5.41. The minimum atomic E-state index is -0.361. The van der Waals surface area contributed by atoms with Gasteiger partial charge in [0.25, 0.3) is 0 Å². The highest BCUT2D eigenvalue weighted by atomic mass is 16.5. The first-order valence-electron chi connectivity index (χ1n) is 5.41. The van der Waals surface area contributed by atoms with Crippen LogP contribution in [0.15, 0.2) is 30.3 Å². The summed E-state index contributed by atoms with van der Waals surface area (Å²) in [7, 11) is 1.32. The molecule has 1 heterocycles. The van der Waals surface area contributed by atoms with Gasteiger partial charge in [-0.15, -0.1) is 0 Å². The Morgan fingerprint density at radius 1 is 1.47 bits per heavy atom. The quantitative estimate of drug-likeness (QED) is 0.783. The first kappa shape index (κ1) is 11.6. The van der Waals surface area contributed by atoms with Gasteiger partial charge in [0.05, 0.1) is 25.1 Å². The summed E-state index contributed by atoms with van der Waals surface area (Å²) in [5.74, 6) is -0.802. The summed E-state index contributed by atoms with van der Waals surface area (Å²) in [6.07, 6.45) is 0.117. The minimum Gasteiger partial charge on any atom is -0.469 e. The highest BCUT2D eigenvalue weighted by Gasteiger charge is 2.34. The molecular formula is C12H14N2O3. The zero-order valence-electron chi connectivity index (χ0n) is 9.55. The number of benzene rings is 1. The molecule has 1 aliphatic rings. The molecule has 2 rings (SSSR count). The number of hydrazine groups is 1. The Morgan fingerprint density at radius 2 is 2.18 bits per heavy atom. The lowest BCUT2D eigenvalue weighted by atomic mass is 10.1. The van der Waals surface area contributed by atoms with E-state index >= 15 is 0 Å². The van der Waals surface area contributed by atoms with Crippen LogP contribution in [0.4, 0.5) is 5.69 Å². The Bertz CT molecular complexity index is 419. The summed E-state index contributed by atoms with van der Waals surface area (Å²) < 4.78 is 4.56. The van der Waals surface area contributed by atoms with Crippen LogP contribution in [0.25, 0.3) is 0 Å². The third-order valence-electron chi connectivity index (χ3n) is 2.72. The van der Waals surface area contributed by atoms with E-state index in [1.165, 1.54) is 12.1 Å². The number of hydrogen-bond donors (Lipinski definition) is 1. The number of amides is 1. The van der Waals surface area contributed by atoms with Gasteiger partial charge < -0.3 is 4.74 Å². The van der Waals surface area contributed by atoms with Crippen molar-refractivity contribution in [3.63, 3.8) is 0 Å². The molecule has 0 radical (unpaired) electrons. The number of anilines is 1. The van der Waals surface area contributed by atoms with E-state index in [1.54, 1.807) is 0 Å². The van der Waals surface area contributed by atoms with Gasteiger partial charge in [-0.1, -0.05) is 18.2 Å². The van der Waals surface area contributed by atoms with Crippen molar-refractivity contribution in [3.8, 4) is 0 Å². The molecule has 0 aliphatic carbocycles. The number of rotatable bonds is 3. The highest BCUT2D eigenvalue weighted by Crippen LogP contribution is 2.20. The molecule has 0 unspecified atom stereocenters. The van der Waals surface area contributed by atoms with E-state index < -0.39 is 0 Å². The first-order chi connectivity index (χ1) is 8.22. The van der Waals surface area contributed by atoms with Crippen LogP contribution in [-0.4, -0.2) is 25.5 Å². The van der Waals surface area contributed by atoms with Crippen LogP contribution in [0.2, 0.25) is 0 Å². The summed E-state index contributed by atoms with van der Waals surface area (Å²) in [4.78, 5) is 23.1. The van der Waals surface area contributed by atoms with Gasteiger partial charge in [0.15, 0.2) is 0 Å². The predicted molar refractivity (Wildman–Crippen MR) is 62.1 cm³/mol. The second-order valence-electron chi connectivity index (χ2n) is 3.85. The molecule has 1 N–H and O–H groups in total. The fourth-order valence-corrected chi connectivity index (χ4v) is 1.79. The molecule has 1 atom stereocenters. The van der Waals surface area contributed by atoms with Gasteiger partial charge in [-0.2, -0.15) is 0 Å². The number of methoxy groups -OCH3 is 1. The SMILES string of the molecule is COC(=O)C[C@@H]1CNN(c2ccccc2)C1=O. The largest absolute Gasteiger partial charge is 0.469 e. The maximum atomic E-state index is 12.0. The summed E-state index contributed by atoms with van der Waals surface area (Å²) in [5, 5.41) is 1.48. The van der Waals surface area contributed by atoms with Crippen LogP contribution < -0.4 is 10.4 Å². The van der Waals surface area contributed by atoms with Crippen LogP contribution in [-0.2, 0) is 14.3 Å². The number of ether oxygens (including phenoxy) is 1. The fourth-order valence-electron chi connectivity index (χ4n) is 1.79. The van der Waals surface area contributed by atoms with Crippen LogP contribution in [0.1, 0.15) is 6.42 Å². The van der Waals surface area contributed by atoms with E-state index in [-0.39, 0.29) is 24.2 Å². The molecule has 1 saturated heterocycles. The summed E-state index contributed by atoms with van der Waals surface area (Å²) in [6, 6.07) is 9.28. The van der Waals surface area contributed by atoms with Gasteiger partial charge >= 0.3 is 5.97 Å². The minimum absolute atomic E-state index is 0.0957. The number of carbonyl (C=O) groups is 2. The summed E-state index contributed by atoms with van der Waals surface area (Å²) in [5.41, 5.74) is 3.76. The lowest BCUT2D eigenvalue weighted by Crippen LogP contribution is -2.34. The van der Waals surface area contributed by atoms with Gasteiger partial charge in [-0.05, 0) is 12.1 Å². The van der Waals surface area contributed by atoms with E-state index in [2.05, 4.69) is 10.2 Å². The molecule has 1 aromatic carbocycles. The van der Waals surface area contributed by atoms with Crippen molar-refractivity contribution in [2.24, 2.45) is 5.92 Å². The van der Waals surface area contributed by atoms with Crippen LogP contribution in [0, 0.1) is 5.92 Å². The summed E-state index contributed by atoms with van der Waals surface area (Å²) >= 11 is 0. The number of carbonyl (C=O) groups excluding carboxylic acids is 2. The van der Waals surface area contributed by atoms with Crippen molar-refractivity contribution >= 4 is 17.6 Å². The molecule has 17 heavy (non-hydrogen) atoms. The Labute approximate surface area is 99.3 Å². The van der Waals surface area contributed by atoms with Crippen LogP contribution in [0.3, 0.4) is 0 Å². The molecule has 90 valence electrons. The van der Waals surface area contributed by atoms with Crippen molar-refractivity contribution in [2.45, 2.75) is 6.42 Å². The van der Waals surface area contributed by atoms with Crippen molar-refractivity contribution in [1.82, 2.24) is 5.43 Å². The standard InChI is InChI=1S/C12H14N2O3/c1-17-11(15)7-9-8-13-14(12(9)16)10-5-3-2-4-6-10/h2-6,9,13H,7-8H2,1H3/t9-/m1/s1. The Morgan fingerprint density at radius 3 is 2.82 bits per heavy atom. The van der Waals surface area contributed by atoms with Gasteiger partial charge in [0, 0.05) is 6.54 Å². The zero-order chi connectivity index (χ0) is 12.3. The fraction of sp³-hybridized carbons (Fsp3) is 0.333. The number of nitrogens with zero attached hydrogens (tertiary/aromatic N) is 1. The number of para-hydroxylation sites is 1. The predicted octanol–water partition coefficient (Wildman–Crippen LogP) is 0.717. The number of hydrogen-bond acceptors (Lipinski definition) is 4. The molecule has 0 bridgehead atoms. The summed E-state index contributed by atoms with van der Waals surface area (Å²) in [6.45, 7) is 0.461. The monoisotopic (exact) mass is 234 g/mol. The second kappa shape index (κ2) is 4.97. The van der Waals surface area contributed by atoms with E-state index in [0.29, 0.717) is 6.54 Å². The molecule has 5 nitrogen and oxygen atoms in total. The Kier molecular flexibility index (Phi) is 3.39. The van der Waals surface area contributed by atoms with Gasteiger partial charge in [0.1, 0.15) is 0 Å². The zero-order valence-corrected chi connectivity index (χ0v) is 9.55. The lowest BCUT2D eigenvalue weighted by Gasteiger charge is -2.15. The molecule has 1 aromatic rings. The third-order valence-corrected chi connectivity index (χ3v) is 2.72. The molecular weight excluding hydrogens is 220 g/mol. The third kappa shape index (κ3) is 2.45. The van der Waals surface area contributed by atoms with Gasteiger partial charge in [-0.3, -0.25) is 9.59 Å². The van der Waals surface area contributed by atoms with E-state index in [1.807, 2.05) is 30.3 Å². The number of esters is 1. The van der Waals surface area contributed by atoms with Gasteiger partial charge in [0.2, 0.25) is 5.91 Å². The van der Waals surface area contributed by atoms with E-state index in [4.69, 9.17) is 0 Å². The number of nitrogens with one attached hydrogen (secondary N) is 1. The average Bonchev–Trinajstić information content (AvgIpc) is 2.72. The normalized spacial score (nSPS) is 19.5. The van der Waals surface area contributed by atoms with Crippen molar-refractivity contribution in [1.29, 1.82) is 0 Å². The average molecular weight is 234 g/mol. The molecule has 1 fully saturated rings. The molecule has 0 aromatic heterocycles. The van der Waals surface area contributed by atoms with Crippen molar-refractivity contribution < 1.29 is 14.3 Å². The Balaban J connectivity index is 2.05. The highest BCUT2D eigenvalue weighted by molar-refractivity contribution is 5.97. The second-order valence-corrected chi connectivity index (χ2v) is 3.85. The molecule has 1 aliphatic heterocycles. The molecule has 5 heteroatoms. The van der Waals surface area contributed by atoms with E-state index in [9.17, 15) is 9.59 Å². The molecule has 0 spiro atoms. The smallest absolute Gasteiger partial charge is 0.306 e. The van der Waals surface area contributed by atoms with Crippen LogP contribution >= 0.6 is 0 Å². The Hall–Kier alpha value is -1.88. The van der Waals surface area contributed by atoms with Gasteiger partial charge in [-0.25, -0.2) is 10.4 Å².